The van der Waals surface area contributed by atoms with E-state index in [2.05, 4.69) is 15.9 Å². The predicted octanol–water partition coefficient (Wildman–Crippen LogP) is 5.08. The molecule has 18 heavy (non-hydrogen) atoms. The van der Waals surface area contributed by atoms with Gasteiger partial charge in [-0.05, 0) is 49.9 Å². The van der Waals surface area contributed by atoms with E-state index in [1.807, 2.05) is 12.1 Å². The van der Waals surface area contributed by atoms with Gasteiger partial charge >= 0.3 is 0 Å². The summed E-state index contributed by atoms with van der Waals surface area (Å²) in [5.41, 5.74) is 0. The van der Waals surface area contributed by atoms with Crippen molar-refractivity contribution >= 4 is 15.9 Å². The summed E-state index contributed by atoms with van der Waals surface area (Å²) >= 11 is 3.31. The van der Waals surface area contributed by atoms with Gasteiger partial charge in [-0.3, -0.25) is 0 Å². The lowest BCUT2D eigenvalue weighted by atomic mass is 10.1. The molecule has 0 spiro atoms. The first-order chi connectivity index (χ1) is 8.61. The maximum absolute atomic E-state index is 13.5. The Balaban J connectivity index is 2.16. The Kier molecular flexibility index (Phi) is 7.25. The fourth-order valence-electron chi connectivity index (χ4n) is 1.57. The zero-order valence-corrected chi connectivity index (χ0v) is 12.1. The fraction of sp³-hybridized carbons (Fsp3) is 0.571. The summed E-state index contributed by atoms with van der Waals surface area (Å²) in [4.78, 5) is 0. The normalized spacial score (nSPS) is 14.2. The highest BCUT2D eigenvalue weighted by molar-refractivity contribution is 9.10. The monoisotopic (exact) mass is 320 g/mol. The van der Waals surface area contributed by atoms with Gasteiger partial charge in [-0.1, -0.05) is 22.9 Å². The van der Waals surface area contributed by atoms with Crippen molar-refractivity contribution in [2.24, 2.45) is 0 Å². The molecule has 2 atom stereocenters. The molecule has 1 nitrogen and oxygen atoms in total. The molecule has 0 bridgehead atoms. The largest absolute Gasteiger partial charge is 0.491 e. The van der Waals surface area contributed by atoms with Crippen LogP contribution in [-0.4, -0.2) is 19.0 Å². The van der Waals surface area contributed by atoms with E-state index < -0.39 is 12.3 Å². The number of rotatable bonds is 8. The summed E-state index contributed by atoms with van der Waals surface area (Å²) in [5.74, 6) is 0.651. The highest BCUT2D eigenvalue weighted by atomic mass is 79.9. The number of hydrogen-bond acceptors (Lipinski definition) is 1. The Morgan fingerprint density at radius 1 is 1.11 bits per heavy atom. The number of ether oxygens (including phenoxy) is 1. The van der Waals surface area contributed by atoms with Crippen LogP contribution in [0.25, 0.3) is 0 Å². The molecule has 0 aromatic heterocycles. The van der Waals surface area contributed by atoms with Crippen molar-refractivity contribution in [2.45, 2.75) is 45.0 Å². The summed E-state index contributed by atoms with van der Waals surface area (Å²) < 4.78 is 32.7. The molecule has 4 heteroatoms. The summed E-state index contributed by atoms with van der Waals surface area (Å²) in [6.45, 7) is 1.83. The molecule has 0 aliphatic rings. The SMILES string of the molecule is CCC(F)CCCC(F)COc1ccc(Br)cc1. The van der Waals surface area contributed by atoms with Crippen molar-refractivity contribution in [3.8, 4) is 5.75 Å². The number of halogens is 3. The molecule has 0 heterocycles. The minimum atomic E-state index is -1.03. The van der Waals surface area contributed by atoms with E-state index in [9.17, 15) is 8.78 Å². The molecule has 0 aliphatic carbocycles. The molecule has 1 aromatic carbocycles. The number of benzene rings is 1. The predicted molar refractivity (Wildman–Crippen MR) is 73.6 cm³/mol. The smallest absolute Gasteiger partial charge is 0.134 e. The quantitative estimate of drug-likeness (QED) is 0.648. The van der Waals surface area contributed by atoms with Gasteiger partial charge in [0.15, 0.2) is 0 Å². The maximum atomic E-state index is 13.5. The van der Waals surface area contributed by atoms with Gasteiger partial charge < -0.3 is 4.74 Å². The summed E-state index contributed by atoms with van der Waals surface area (Å²) in [7, 11) is 0. The van der Waals surface area contributed by atoms with Crippen molar-refractivity contribution in [3.05, 3.63) is 28.7 Å². The highest BCUT2D eigenvalue weighted by Crippen LogP contribution is 2.17. The highest BCUT2D eigenvalue weighted by Gasteiger charge is 2.10. The van der Waals surface area contributed by atoms with E-state index in [1.165, 1.54) is 0 Å². The van der Waals surface area contributed by atoms with Crippen LogP contribution in [0.2, 0.25) is 0 Å². The van der Waals surface area contributed by atoms with Crippen LogP contribution >= 0.6 is 15.9 Å². The summed E-state index contributed by atoms with van der Waals surface area (Å²) in [6.07, 6.45) is 0.0422. The first-order valence-electron chi connectivity index (χ1n) is 6.28. The van der Waals surface area contributed by atoms with Crippen molar-refractivity contribution in [3.63, 3.8) is 0 Å². The Bertz CT molecular complexity index is 329. The molecule has 0 N–H and O–H groups in total. The maximum Gasteiger partial charge on any atom is 0.134 e. The van der Waals surface area contributed by atoms with E-state index in [4.69, 9.17) is 4.74 Å². The minimum absolute atomic E-state index is 0.0325. The molecular weight excluding hydrogens is 302 g/mol. The van der Waals surface area contributed by atoms with E-state index in [1.54, 1.807) is 19.1 Å². The van der Waals surface area contributed by atoms with E-state index in [0.29, 0.717) is 31.4 Å². The lowest BCUT2D eigenvalue weighted by Gasteiger charge is -2.11. The molecule has 2 unspecified atom stereocenters. The molecule has 102 valence electrons. The molecule has 0 amide bonds. The second kappa shape index (κ2) is 8.46. The molecule has 0 saturated heterocycles. The first-order valence-corrected chi connectivity index (χ1v) is 7.07. The lowest BCUT2D eigenvalue weighted by molar-refractivity contribution is 0.178. The Hall–Kier alpha value is -0.640. The van der Waals surface area contributed by atoms with E-state index >= 15 is 0 Å². The minimum Gasteiger partial charge on any atom is -0.491 e. The first kappa shape index (κ1) is 15.4. The van der Waals surface area contributed by atoms with Crippen LogP contribution in [0, 0.1) is 0 Å². The van der Waals surface area contributed by atoms with E-state index in [-0.39, 0.29) is 6.61 Å². The Morgan fingerprint density at radius 2 is 1.72 bits per heavy atom. The Labute approximate surface area is 116 Å². The van der Waals surface area contributed by atoms with Gasteiger partial charge in [0.1, 0.15) is 18.5 Å². The van der Waals surface area contributed by atoms with Crippen LogP contribution in [0.4, 0.5) is 8.78 Å². The van der Waals surface area contributed by atoms with Gasteiger partial charge in [0, 0.05) is 4.47 Å². The number of hydrogen-bond donors (Lipinski definition) is 0. The standard InChI is InChI=1S/C14H19BrF2O/c1-2-12(16)4-3-5-13(17)10-18-14-8-6-11(15)7-9-14/h6-9,12-13H,2-5,10H2,1H3. The third kappa shape index (κ3) is 6.34. The zero-order chi connectivity index (χ0) is 13.4. The average Bonchev–Trinajstić information content (AvgIpc) is 2.38. The van der Waals surface area contributed by atoms with Crippen molar-refractivity contribution < 1.29 is 13.5 Å². The van der Waals surface area contributed by atoms with Crippen molar-refractivity contribution in [2.75, 3.05) is 6.61 Å². The number of alkyl halides is 2. The summed E-state index contributed by atoms with van der Waals surface area (Å²) in [5, 5.41) is 0. The van der Waals surface area contributed by atoms with Gasteiger partial charge in [-0.2, -0.15) is 0 Å². The van der Waals surface area contributed by atoms with Crippen LogP contribution < -0.4 is 4.74 Å². The van der Waals surface area contributed by atoms with Gasteiger partial charge in [0.25, 0.3) is 0 Å². The molecular formula is C14H19BrF2O. The summed E-state index contributed by atoms with van der Waals surface area (Å²) in [6, 6.07) is 7.26. The van der Waals surface area contributed by atoms with Gasteiger partial charge in [-0.25, -0.2) is 8.78 Å². The zero-order valence-electron chi connectivity index (χ0n) is 10.5. The van der Waals surface area contributed by atoms with Gasteiger partial charge in [0.05, 0.1) is 6.17 Å². The second-order valence-corrected chi connectivity index (χ2v) is 5.21. The van der Waals surface area contributed by atoms with Gasteiger partial charge in [-0.15, -0.1) is 0 Å². The van der Waals surface area contributed by atoms with Crippen LogP contribution in [-0.2, 0) is 0 Å². The lowest BCUT2D eigenvalue weighted by Crippen LogP contribution is -2.13. The van der Waals surface area contributed by atoms with Crippen molar-refractivity contribution in [1.82, 2.24) is 0 Å². The third-order valence-electron chi connectivity index (χ3n) is 2.72. The average molecular weight is 321 g/mol. The molecule has 0 aliphatic heterocycles. The second-order valence-electron chi connectivity index (χ2n) is 4.30. The van der Waals surface area contributed by atoms with Crippen LogP contribution in [0.1, 0.15) is 32.6 Å². The molecule has 1 rings (SSSR count). The van der Waals surface area contributed by atoms with Crippen LogP contribution in [0.3, 0.4) is 0 Å². The van der Waals surface area contributed by atoms with Crippen molar-refractivity contribution in [1.29, 1.82) is 0 Å². The van der Waals surface area contributed by atoms with Crippen LogP contribution in [0.15, 0.2) is 28.7 Å². The Morgan fingerprint density at radius 3 is 2.33 bits per heavy atom. The molecule has 0 fully saturated rings. The van der Waals surface area contributed by atoms with Crippen LogP contribution in [0.5, 0.6) is 5.75 Å². The molecule has 1 aromatic rings. The molecule has 0 saturated carbocycles. The van der Waals surface area contributed by atoms with E-state index in [0.717, 1.165) is 4.47 Å². The molecule has 0 radical (unpaired) electrons. The third-order valence-corrected chi connectivity index (χ3v) is 3.25. The topological polar surface area (TPSA) is 9.23 Å². The fourth-order valence-corrected chi connectivity index (χ4v) is 1.83. The van der Waals surface area contributed by atoms with Gasteiger partial charge in [0.2, 0.25) is 0 Å².